The second-order valence-corrected chi connectivity index (χ2v) is 5.00. The lowest BCUT2D eigenvalue weighted by Crippen LogP contribution is -1.83. The molecule has 0 radical (unpaired) electrons. The highest BCUT2D eigenvalue weighted by atomic mass is 32.2. The fourth-order valence-electron chi connectivity index (χ4n) is 2.12. The molecule has 1 aliphatic rings. The van der Waals surface area contributed by atoms with Crippen LogP contribution in [0.5, 0.6) is 5.75 Å². The first-order valence-electron chi connectivity index (χ1n) is 4.68. The van der Waals surface area contributed by atoms with Crippen LogP contribution in [0, 0.1) is 0 Å². The van der Waals surface area contributed by atoms with Gasteiger partial charge in [-0.2, -0.15) is 0 Å². The lowest BCUT2D eigenvalue weighted by atomic mass is 10.0. The molecular weight excluding hydrogens is 192 g/mol. The maximum absolute atomic E-state index is 9.80. The molecule has 70 valence electrons. The Balaban J connectivity index is 2.53. The van der Waals surface area contributed by atoms with Gasteiger partial charge in [0, 0.05) is 21.1 Å². The average Bonchev–Trinajstić information content (AvgIpc) is 2.51. The molecule has 1 N–H and O–H groups in total. The molecule has 2 aromatic rings. The third-order valence-corrected chi connectivity index (χ3v) is 3.92. The van der Waals surface area contributed by atoms with Crippen LogP contribution in [0.25, 0.3) is 10.8 Å². The summed E-state index contributed by atoms with van der Waals surface area (Å²) >= 11 is 1.82. The highest BCUT2D eigenvalue weighted by Gasteiger charge is 2.24. The molecule has 1 unspecified atom stereocenters. The van der Waals surface area contributed by atoms with E-state index < -0.39 is 0 Å². The van der Waals surface area contributed by atoms with Gasteiger partial charge >= 0.3 is 0 Å². The number of benzene rings is 2. The molecule has 1 nitrogen and oxygen atoms in total. The Hall–Kier alpha value is -1.15. The summed E-state index contributed by atoms with van der Waals surface area (Å²) in [6.45, 7) is 2.14. The summed E-state index contributed by atoms with van der Waals surface area (Å²) in [5.41, 5.74) is 1.10. The van der Waals surface area contributed by atoms with Gasteiger partial charge in [0.05, 0.1) is 0 Å². The number of rotatable bonds is 0. The monoisotopic (exact) mass is 202 g/mol. The van der Waals surface area contributed by atoms with E-state index in [1.807, 2.05) is 17.8 Å². The van der Waals surface area contributed by atoms with Crippen LogP contribution in [0.1, 0.15) is 17.7 Å². The van der Waals surface area contributed by atoms with E-state index in [4.69, 9.17) is 0 Å². The third kappa shape index (κ3) is 0.919. The standard InChI is InChI=1S/C12H10OS/c1-7-11-9(13)6-5-8-3-2-4-10(14-7)12(8)11/h2-7,13H,1H3. The Kier molecular flexibility index (Phi) is 1.56. The van der Waals surface area contributed by atoms with E-state index in [0.717, 1.165) is 5.56 Å². The average molecular weight is 202 g/mol. The largest absolute Gasteiger partial charge is 0.508 e. The van der Waals surface area contributed by atoms with E-state index in [-0.39, 0.29) is 0 Å². The Bertz CT molecular complexity index is 519. The summed E-state index contributed by atoms with van der Waals surface area (Å²) in [5, 5.41) is 12.6. The molecule has 1 aliphatic heterocycles. The molecule has 1 atom stereocenters. The van der Waals surface area contributed by atoms with E-state index in [9.17, 15) is 5.11 Å². The van der Waals surface area contributed by atoms with Gasteiger partial charge in [0.25, 0.3) is 0 Å². The molecule has 0 fully saturated rings. The second kappa shape index (κ2) is 2.67. The van der Waals surface area contributed by atoms with Gasteiger partial charge in [0.1, 0.15) is 5.75 Å². The number of hydrogen-bond acceptors (Lipinski definition) is 2. The second-order valence-electron chi connectivity index (χ2n) is 3.61. The zero-order valence-electron chi connectivity index (χ0n) is 7.82. The fourth-order valence-corrected chi connectivity index (χ4v) is 3.36. The first-order chi connectivity index (χ1) is 6.77. The van der Waals surface area contributed by atoms with Crippen molar-refractivity contribution in [3.05, 3.63) is 35.9 Å². The van der Waals surface area contributed by atoms with Crippen LogP contribution < -0.4 is 0 Å². The number of hydrogen-bond donors (Lipinski definition) is 1. The molecule has 0 saturated carbocycles. The van der Waals surface area contributed by atoms with Crippen molar-refractivity contribution in [1.82, 2.24) is 0 Å². The smallest absolute Gasteiger partial charge is 0.120 e. The molecule has 0 saturated heterocycles. The quantitative estimate of drug-likeness (QED) is 0.702. The third-order valence-electron chi connectivity index (χ3n) is 2.73. The minimum atomic E-state index is 0.371. The van der Waals surface area contributed by atoms with Crippen molar-refractivity contribution >= 4 is 22.5 Å². The summed E-state index contributed by atoms with van der Waals surface area (Å²) in [5.74, 6) is 0.433. The van der Waals surface area contributed by atoms with Gasteiger partial charge in [-0.3, -0.25) is 0 Å². The summed E-state index contributed by atoms with van der Waals surface area (Å²) in [4.78, 5) is 1.29. The van der Waals surface area contributed by atoms with Crippen LogP contribution in [0.2, 0.25) is 0 Å². The first-order valence-corrected chi connectivity index (χ1v) is 5.56. The number of phenolic OH excluding ortho intramolecular Hbond substituents is 1. The molecule has 2 aromatic carbocycles. The van der Waals surface area contributed by atoms with E-state index in [1.165, 1.54) is 15.7 Å². The van der Waals surface area contributed by atoms with E-state index in [0.29, 0.717) is 11.0 Å². The van der Waals surface area contributed by atoms with E-state index >= 15 is 0 Å². The minimum absolute atomic E-state index is 0.371. The summed E-state index contributed by atoms with van der Waals surface area (Å²) in [6, 6.07) is 10.1. The maximum atomic E-state index is 9.80. The summed E-state index contributed by atoms with van der Waals surface area (Å²) < 4.78 is 0. The molecule has 0 spiro atoms. The predicted molar refractivity (Wildman–Crippen MR) is 59.9 cm³/mol. The van der Waals surface area contributed by atoms with Crippen LogP contribution in [-0.4, -0.2) is 5.11 Å². The number of aromatic hydroxyl groups is 1. The molecule has 0 aromatic heterocycles. The van der Waals surface area contributed by atoms with Gasteiger partial charge < -0.3 is 5.11 Å². The van der Waals surface area contributed by atoms with Crippen molar-refractivity contribution in [3.8, 4) is 5.75 Å². The van der Waals surface area contributed by atoms with Gasteiger partial charge in [-0.15, -0.1) is 11.8 Å². The molecule has 0 amide bonds. The van der Waals surface area contributed by atoms with Gasteiger partial charge in [-0.1, -0.05) is 18.2 Å². The number of thioether (sulfide) groups is 1. The molecule has 2 heteroatoms. The normalized spacial score (nSPS) is 19.1. The van der Waals surface area contributed by atoms with E-state index in [2.05, 4.69) is 25.1 Å². The summed E-state index contributed by atoms with van der Waals surface area (Å²) in [6.07, 6.45) is 0. The highest BCUT2D eigenvalue weighted by molar-refractivity contribution is 8.00. The lowest BCUT2D eigenvalue weighted by molar-refractivity contribution is 0.470. The lowest BCUT2D eigenvalue weighted by Gasteiger charge is -2.05. The van der Waals surface area contributed by atoms with Crippen molar-refractivity contribution in [1.29, 1.82) is 0 Å². The highest BCUT2D eigenvalue weighted by Crippen LogP contribution is 2.51. The SMILES string of the molecule is CC1Sc2cccc3ccc(O)c1c23. The molecular formula is C12H10OS. The topological polar surface area (TPSA) is 20.2 Å². The molecule has 0 bridgehead atoms. The predicted octanol–water partition coefficient (Wildman–Crippen LogP) is 3.71. The maximum Gasteiger partial charge on any atom is 0.120 e. The van der Waals surface area contributed by atoms with Crippen LogP contribution >= 0.6 is 11.8 Å². The Labute approximate surface area is 86.8 Å². The van der Waals surface area contributed by atoms with Gasteiger partial charge in [-0.05, 0) is 24.4 Å². The first kappa shape index (κ1) is 8.18. The Morgan fingerprint density at radius 2 is 2.07 bits per heavy atom. The fraction of sp³-hybridized carbons (Fsp3) is 0.167. The van der Waals surface area contributed by atoms with Crippen LogP contribution in [-0.2, 0) is 0 Å². The van der Waals surface area contributed by atoms with Crippen molar-refractivity contribution in [2.45, 2.75) is 17.1 Å². The number of phenols is 1. The zero-order valence-corrected chi connectivity index (χ0v) is 8.64. The Morgan fingerprint density at radius 3 is 2.93 bits per heavy atom. The van der Waals surface area contributed by atoms with Crippen LogP contribution in [0.3, 0.4) is 0 Å². The Morgan fingerprint density at radius 1 is 1.21 bits per heavy atom. The van der Waals surface area contributed by atoms with Gasteiger partial charge in [0.15, 0.2) is 0 Å². The van der Waals surface area contributed by atoms with Crippen molar-refractivity contribution in [3.63, 3.8) is 0 Å². The van der Waals surface area contributed by atoms with E-state index in [1.54, 1.807) is 6.07 Å². The van der Waals surface area contributed by atoms with Crippen molar-refractivity contribution in [2.24, 2.45) is 0 Å². The summed E-state index contributed by atoms with van der Waals surface area (Å²) in [7, 11) is 0. The van der Waals surface area contributed by atoms with Crippen LogP contribution in [0.4, 0.5) is 0 Å². The van der Waals surface area contributed by atoms with Crippen molar-refractivity contribution < 1.29 is 5.11 Å². The zero-order chi connectivity index (χ0) is 9.71. The van der Waals surface area contributed by atoms with Gasteiger partial charge in [-0.25, -0.2) is 0 Å². The van der Waals surface area contributed by atoms with Crippen LogP contribution in [0.15, 0.2) is 35.2 Å². The van der Waals surface area contributed by atoms with Crippen molar-refractivity contribution in [2.75, 3.05) is 0 Å². The molecule has 3 rings (SSSR count). The molecule has 1 heterocycles. The minimum Gasteiger partial charge on any atom is -0.508 e. The molecule has 0 aliphatic carbocycles. The van der Waals surface area contributed by atoms with Gasteiger partial charge in [0.2, 0.25) is 0 Å². The molecule has 14 heavy (non-hydrogen) atoms.